The zero-order valence-electron chi connectivity index (χ0n) is 30.3. The van der Waals surface area contributed by atoms with E-state index in [-0.39, 0.29) is 36.2 Å². The van der Waals surface area contributed by atoms with Crippen molar-refractivity contribution < 1.29 is 38.2 Å². The standard InChI is InChI=1S/C38H69NO7/c1-6-8-10-12-14-16-17-18-19-20-21-23-24-26-28-36(40)45-33-34(32-44-31-30-35(38(42)43)39(3,4)5)46-37(41)29-27-25-22-15-13-11-9-7-2/h8,10,14,16,34-35H,6-7,9,11-13,15,17-33H2,1-5H3/p+1/b10-8+,16-14+. The van der Waals surface area contributed by atoms with E-state index < -0.39 is 18.1 Å². The smallest absolute Gasteiger partial charge is 0.362 e. The third kappa shape index (κ3) is 28.1. The third-order valence-corrected chi connectivity index (χ3v) is 8.12. The lowest BCUT2D eigenvalue weighted by Crippen LogP contribution is -2.50. The molecule has 0 aliphatic carbocycles. The zero-order valence-corrected chi connectivity index (χ0v) is 30.3. The van der Waals surface area contributed by atoms with E-state index in [1.54, 1.807) is 0 Å². The minimum Gasteiger partial charge on any atom is -0.477 e. The van der Waals surface area contributed by atoms with Gasteiger partial charge in [0.05, 0.1) is 34.4 Å². The molecule has 0 amide bonds. The molecule has 0 aromatic rings. The molecule has 1 N–H and O–H groups in total. The lowest BCUT2D eigenvalue weighted by molar-refractivity contribution is -0.887. The Morgan fingerprint density at radius 3 is 1.78 bits per heavy atom. The maximum absolute atomic E-state index is 12.5. The number of quaternary nitrogens is 1. The van der Waals surface area contributed by atoms with Crippen molar-refractivity contribution in [3.05, 3.63) is 24.3 Å². The second-order valence-corrected chi connectivity index (χ2v) is 13.5. The normalized spacial score (nSPS) is 13.3. The number of carboxylic acid groups (broad SMARTS) is 1. The van der Waals surface area contributed by atoms with Crippen molar-refractivity contribution in [1.29, 1.82) is 0 Å². The largest absolute Gasteiger partial charge is 0.477 e. The summed E-state index contributed by atoms with van der Waals surface area (Å²) in [5.41, 5.74) is 0. The maximum Gasteiger partial charge on any atom is 0.362 e. The van der Waals surface area contributed by atoms with Gasteiger partial charge in [0.15, 0.2) is 12.1 Å². The lowest BCUT2D eigenvalue weighted by Gasteiger charge is -2.31. The minimum absolute atomic E-state index is 0.0525. The molecular formula is C38H70NO7+. The van der Waals surface area contributed by atoms with Crippen LogP contribution in [0.1, 0.15) is 149 Å². The van der Waals surface area contributed by atoms with Crippen LogP contribution in [0.4, 0.5) is 0 Å². The van der Waals surface area contributed by atoms with Gasteiger partial charge in [-0.3, -0.25) is 9.59 Å². The fourth-order valence-corrected chi connectivity index (χ4v) is 5.25. The van der Waals surface area contributed by atoms with Gasteiger partial charge >= 0.3 is 17.9 Å². The highest BCUT2D eigenvalue weighted by atomic mass is 16.6. The molecule has 0 aliphatic rings. The number of unbranched alkanes of at least 4 members (excludes halogenated alkanes) is 14. The topological polar surface area (TPSA) is 99.1 Å². The number of nitrogens with zero attached hydrogens (tertiary/aromatic N) is 1. The SMILES string of the molecule is CC/C=C/C/C=C/CCCCCCCCCC(=O)OCC(COCCC(C(=O)O)[N+](C)(C)C)OC(=O)CCCCCCCCCC. The Bertz CT molecular complexity index is 818. The molecule has 8 heteroatoms. The second kappa shape index (κ2) is 30.2. The van der Waals surface area contributed by atoms with E-state index in [1.165, 1.54) is 57.8 Å². The number of ether oxygens (including phenoxy) is 3. The van der Waals surface area contributed by atoms with Crippen LogP contribution in [0, 0.1) is 0 Å². The Labute approximate surface area is 281 Å². The Hall–Kier alpha value is -2.19. The van der Waals surface area contributed by atoms with Crippen LogP contribution in [-0.4, -0.2) is 80.6 Å². The summed E-state index contributed by atoms with van der Waals surface area (Å²) in [5.74, 6) is -1.48. The first-order chi connectivity index (χ1) is 22.1. The first-order valence-corrected chi connectivity index (χ1v) is 18.4. The number of esters is 2. The van der Waals surface area contributed by atoms with Gasteiger partial charge in [-0.2, -0.15) is 0 Å². The molecule has 46 heavy (non-hydrogen) atoms. The van der Waals surface area contributed by atoms with Crippen LogP contribution >= 0.6 is 0 Å². The van der Waals surface area contributed by atoms with E-state index in [0.29, 0.717) is 19.3 Å². The van der Waals surface area contributed by atoms with Gasteiger partial charge in [-0.25, -0.2) is 4.79 Å². The average Bonchev–Trinajstić information content (AvgIpc) is 3.00. The molecule has 2 atom stereocenters. The van der Waals surface area contributed by atoms with Crippen LogP contribution in [0.25, 0.3) is 0 Å². The summed E-state index contributed by atoms with van der Waals surface area (Å²) in [5, 5.41) is 9.55. The Kier molecular flexibility index (Phi) is 28.7. The monoisotopic (exact) mass is 653 g/mol. The minimum atomic E-state index is -0.877. The summed E-state index contributed by atoms with van der Waals surface area (Å²) in [4.78, 5) is 36.6. The molecule has 0 heterocycles. The number of allylic oxidation sites excluding steroid dienone is 4. The molecule has 0 rings (SSSR count). The van der Waals surface area contributed by atoms with Crippen LogP contribution in [0.5, 0.6) is 0 Å². The van der Waals surface area contributed by atoms with E-state index in [4.69, 9.17) is 14.2 Å². The molecule has 0 bridgehead atoms. The van der Waals surface area contributed by atoms with E-state index in [1.807, 2.05) is 21.1 Å². The molecule has 0 saturated heterocycles. The predicted octanol–water partition coefficient (Wildman–Crippen LogP) is 8.96. The number of carbonyl (C=O) groups is 3. The third-order valence-electron chi connectivity index (χ3n) is 8.12. The number of aliphatic carboxylic acids is 1. The van der Waals surface area contributed by atoms with Gasteiger partial charge in [0.1, 0.15) is 6.61 Å². The highest BCUT2D eigenvalue weighted by Gasteiger charge is 2.31. The number of hydrogen-bond acceptors (Lipinski definition) is 6. The van der Waals surface area contributed by atoms with Crippen LogP contribution in [0.2, 0.25) is 0 Å². The van der Waals surface area contributed by atoms with Crippen molar-refractivity contribution >= 4 is 17.9 Å². The van der Waals surface area contributed by atoms with Crippen molar-refractivity contribution in [1.82, 2.24) is 0 Å². The number of carboxylic acids is 1. The van der Waals surface area contributed by atoms with Crippen molar-refractivity contribution in [2.24, 2.45) is 0 Å². The Morgan fingerprint density at radius 1 is 0.674 bits per heavy atom. The van der Waals surface area contributed by atoms with Gasteiger partial charge in [0, 0.05) is 19.3 Å². The second-order valence-electron chi connectivity index (χ2n) is 13.5. The van der Waals surface area contributed by atoms with E-state index in [0.717, 1.165) is 57.8 Å². The van der Waals surface area contributed by atoms with Crippen molar-refractivity contribution in [2.75, 3.05) is 41.0 Å². The van der Waals surface area contributed by atoms with Gasteiger partial charge in [0.25, 0.3) is 0 Å². The fraction of sp³-hybridized carbons (Fsp3) is 0.816. The van der Waals surface area contributed by atoms with Gasteiger partial charge in [-0.15, -0.1) is 0 Å². The summed E-state index contributed by atoms with van der Waals surface area (Å²) in [6.07, 6.45) is 29.4. The van der Waals surface area contributed by atoms with E-state index >= 15 is 0 Å². The van der Waals surface area contributed by atoms with Gasteiger partial charge in [-0.05, 0) is 38.5 Å². The van der Waals surface area contributed by atoms with Crippen molar-refractivity contribution in [3.63, 3.8) is 0 Å². The van der Waals surface area contributed by atoms with Crippen LogP contribution < -0.4 is 0 Å². The van der Waals surface area contributed by atoms with E-state index in [2.05, 4.69) is 38.2 Å². The molecule has 0 aliphatic heterocycles. The van der Waals surface area contributed by atoms with Gasteiger partial charge < -0.3 is 23.8 Å². The average molecular weight is 653 g/mol. The maximum atomic E-state index is 12.5. The summed E-state index contributed by atoms with van der Waals surface area (Å²) < 4.78 is 17.1. The Balaban J connectivity index is 4.39. The molecule has 2 unspecified atom stereocenters. The first kappa shape index (κ1) is 43.8. The Morgan fingerprint density at radius 2 is 1.22 bits per heavy atom. The molecule has 0 saturated carbocycles. The molecular weight excluding hydrogens is 582 g/mol. The summed E-state index contributed by atoms with van der Waals surface area (Å²) >= 11 is 0. The van der Waals surface area contributed by atoms with Crippen LogP contribution in [0.3, 0.4) is 0 Å². The molecule has 0 aromatic heterocycles. The molecule has 0 radical (unpaired) electrons. The van der Waals surface area contributed by atoms with Crippen molar-refractivity contribution in [3.8, 4) is 0 Å². The summed E-state index contributed by atoms with van der Waals surface area (Å²) in [7, 11) is 5.51. The highest BCUT2D eigenvalue weighted by Crippen LogP contribution is 2.13. The summed E-state index contributed by atoms with van der Waals surface area (Å²) in [6, 6.07) is -0.610. The molecule has 0 fully saturated rings. The van der Waals surface area contributed by atoms with Crippen molar-refractivity contribution in [2.45, 2.75) is 161 Å². The number of carbonyl (C=O) groups excluding carboxylic acids is 2. The lowest BCUT2D eigenvalue weighted by atomic mass is 10.1. The quantitative estimate of drug-likeness (QED) is 0.0335. The van der Waals surface area contributed by atoms with Crippen LogP contribution in [0.15, 0.2) is 24.3 Å². The predicted molar refractivity (Wildman–Crippen MR) is 188 cm³/mol. The molecule has 8 nitrogen and oxygen atoms in total. The number of likely N-dealkylation sites (N-methyl/N-ethyl adjacent to an activating group) is 1. The molecule has 0 spiro atoms. The first-order valence-electron chi connectivity index (χ1n) is 18.4. The van der Waals surface area contributed by atoms with Crippen LogP contribution in [-0.2, 0) is 28.6 Å². The summed E-state index contributed by atoms with van der Waals surface area (Å²) in [6.45, 7) is 4.58. The number of hydrogen-bond donors (Lipinski definition) is 1. The van der Waals surface area contributed by atoms with E-state index in [9.17, 15) is 19.5 Å². The fourth-order valence-electron chi connectivity index (χ4n) is 5.25. The molecule has 0 aromatic carbocycles. The number of rotatable bonds is 32. The highest BCUT2D eigenvalue weighted by molar-refractivity contribution is 5.72. The zero-order chi connectivity index (χ0) is 34.3. The molecule has 268 valence electrons. The van der Waals surface area contributed by atoms with Gasteiger partial charge in [-0.1, -0.05) is 115 Å². The van der Waals surface area contributed by atoms with Gasteiger partial charge in [0.2, 0.25) is 0 Å².